The maximum atomic E-state index is 11.8. The molecule has 7 heteroatoms. The lowest BCUT2D eigenvalue weighted by atomic mass is 9.79. The van der Waals surface area contributed by atoms with Crippen LogP contribution in [-0.4, -0.2) is 70.7 Å². The van der Waals surface area contributed by atoms with Crippen LogP contribution >= 0.6 is 0 Å². The zero-order valence-electron chi connectivity index (χ0n) is 17.3. The van der Waals surface area contributed by atoms with Gasteiger partial charge in [-0.25, -0.2) is 13.1 Å². The molecular weight excluding hydrogens is 388 g/mol. The molecule has 1 aromatic carbocycles. The van der Waals surface area contributed by atoms with Gasteiger partial charge in [-0.15, -0.1) is 0 Å². The number of rotatable bonds is 7. The van der Waals surface area contributed by atoms with Crippen molar-refractivity contribution in [3.05, 3.63) is 35.9 Å². The molecule has 0 unspecified atom stereocenters. The highest BCUT2D eigenvalue weighted by Crippen LogP contribution is 2.36. The van der Waals surface area contributed by atoms with Crippen molar-refractivity contribution < 1.29 is 17.9 Å². The number of likely N-dealkylation sites (tertiary alicyclic amines) is 1. The van der Waals surface area contributed by atoms with E-state index in [0.29, 0.717) is 17.9 Å². The Morgan fingerprint density at radius 2 is 1.83 bits per heavy atom. The van der Waals surface area contributed by atoms with Crippen molar-refractivity contribution >= 4 is 10.0 Å². The van der Waals surface area contributed by atoms with Crippen LogP contribution in [0.3, 0.4) is 0 Å². The third kappa shape index (κ3) is 5.79. The molecule has 0 spiro atoms. The predicted molar refractivity (Wildman–Crippen MR) is 113 cm³/mol. The maximum Gasteiger partial charge on any atom is 0.209 e. The van der Waals surface area contributed by atoms with Gasteiger partial charge >= 0.3 is 0 Å². The van der Waals surface area contributed by atoms with E-state index in [1.165, 1.54) is 37.5 Å². The molecule has 2 saturated heterocycles. The van der Waals surface area contributed by atoms with Gasteiger partial charge in [0.1, 0.15) is 0 Å². The van der Waals surface area contributed by atoms with Gasteiger partial charge in [0, 0.05) is 19.7 Å². The zero-order valence-corrected chi connectivity index (χ0v) is 18.1. The Morgan fingerprint density at radius 3 is 2.45 bits per heavy atom. The Hall–Kier alpha value is -0.990. The molecule has 0 amide bonds. The van der Waals surface area contributed by atoms with Crippen LogP contribution in [-0.2, 0) is 19.5 Å². The molecule has 3 aliphatic rings. The maximum absolute atomic E-state index is 11.8. The van der Waals surface area contributed by atoms with E-state index in [2.05, 4.69) is 40.0 Å². The molecule has 2 atom stereocenters. The second kappa shape index (κ2) is 9.43. The van der Waals surface area contributed by atoms with Gasteiger partial charge in [-0.1, -0.05) is 30.3 Å². The van der Waals surface area contributed by atoms with Crippen LogP contribution in [0.2, 0.25) is 0 Å². The minimum atomic E-state index is -3.24. The monoisotopic (exact) mass is 422 g/mol. The third-order valence-electron chi connectivity index (χ3n) is 6.76. The standard InChI is InChI=1S/C22H34N2O4S/c1-29(25,26)23-21-11-12-24(20-15-27-16-20)13-22(21)28-14-17-7-9-19(10-8-17)18-5-3-2-4-6-18/h2-6,17,19-23H,7-16H2,1H3/t17?,19?,21-,22+/m1/s1. The van der Waals surface area contributed by atoms with Crippen LogP contribution in [0.4, 0.5) is 0 Å². The number of hydrogen-bond acceptors (Lipinski definition) is 5. The molecule has 6 nitrogen and oxygen atoms in total. The lowest BCUT2D eigenvalue weighted by Gasteiger charge is -2.45. The fourth-order valence-corrected chi connectivity index (χ4v) is 5.75. The van der Waals surface area contributed by atoms with Gasteiger partial charge in [0.25, 0.3) is 0 Å². The second-order valence-electron chi connectivity index (χ2n) is 8.97. The van der Waals surface area contributed by atoms with Gasteiger partial charge in [-0.3, -0.25) is 4.90 Å². The second-order valence-corrected chi connectivity index (χ2v) is 10.8. The average molecular weight is 423 g/mol. The summed E-state index contributed by atoms with van der Waals surface area (Å²) >= 11 is 0. The van der Waals surface area contributed by atoms with E-state index in [0.717, 1.165) is 39.3 Å². The molecule has 2 aliphatic heterocycles. The number of benzene rings is 1. The Bertz CT molecular complexity index is 745. The summed E-state index contributed by atoms with van der Waals surface area (Å²) in [5.74, 6) is 1.23. The highest BCUT2D eigenvalue weighted by Gasteiger charge is 2.37. The van der Waals surface area contributed by atoms with Gasteiger partial charge in [-0.2, -0.15) is 0 Å². The number of piperidine rings is 1. The molecule has 1 saturated carbocycles. The molecule has 0 radical (unpaired) electrons. The number of nitrogens with one attached hydrogen (secondary N) is 1. The first-order chi connectivity index (χ1) is 14.0. The van der Waals surface area contributed by atoms with E-state index in [4.69, 9.17) is 9.47 Å². The van der Waals surface area contributed by atoms with Gasteiger partial charge < -0.3 is 9.47 Å². The van der Waals surface area contributed by atoms with Crippen molar-refractivity contribution in [2.24, 2.45) is 5.92 Å². The van der Waals surface area contributed by atoms with E-state index < -0.39 is 10.0 Å². The van der Waals surface area contributed by atoms with Crippen molar-refractivity contribution in [3.63, 3.8) is 0 Å². The predicted octanol–water partition coefficient (Wildman–Crippen LogP) is 2.37. The number of ether oxygens (including phenoxy) is 2. The first kappa shape index (κ1) is 21.2. The summed E-state index contributed by atoms with van der Waals surface area (Å²) in [6.45, 7) is 3.95. The quantitative estimate of drug-likeness (QED) is 0.731. The smallest absolute Gasteiger partial charge is 0.209 e. The molecule has 0 bridgehead atoms. The summed E-state index contributed by atoms with van der Waals surface area (Å²) in [5, 5.41) is 0. The lowest BCUT2D eigenvalue weighted by molar-refractivity contribution is -0.105. The van der Waals surface area contributed by atoms with Gasteiger partial charge in [-0.05, 0) is 49.5 Å². The van der Waals surface area contributed by atoms with Crippen molar-refractivity contribution in [3.8, 4) is 0 Å². The Kier molecular flexibility index (Phi) is 6.91. The van der Waals surface area contributed by atoms with Gasteiger partial charge in [0.15, 0.2) is 0 Å². The third-order valence-corrected chi connectivity index (χ3v) is 7.49. The average Bonchev–Trinajstić information content (AvgIpc) is 2.67. The van der Waals surface area contributed by atoms with E-state index in [-0.39, 0.29) is 12.1 Å². The molecular formula is C22H34N2O4S. The lowest BCUT2D eigenvalue weighted by Crippen LogP contribution is -2.60. The fourth-order valence-electron chi connectivity index (χ4n) is 4.93. The van der Waals surface area contributed by atoms with Crippen molar-refractivity contribution in [1.29, 1.82) is 0 Å². The highest BCUT2D eigenvalue weighted by molar-refractivity contribution is 7.88. The minimum Gasteiger partial charge on any atom is -0.378 e. The molecule has 0 aromatic heterocycles. The highest BCUT2D eigenvalue weighted by atomic mass is 32.2. The Balaban J connectivity index is 1.29. The molecule has 1 aliphatic carbocycles. The fraction of sp³-hybridized carbons (Fsp3) is 0.727. The summed E-state index contributed by atoms with van der Waals surface area (Å²) in [6.07, 6.45) is 6.70. The van der Waals surface area contributed by atoms with Crippen LogP contribution in [0.15, 0.2) is 30.3 Å². The summed E-state index contributed by atoms with van der Waals surface area (Å²) in [6, 6.07) is 11.1. The number of sulfonamides is 1. The van der Waals surface area contributed by atoms with E-state index in [1.54, 1.807) is 0 Å². The molecule has 162 valence electrons. The molecule has 3 fully saturated rings. The van der Waals surface area contributed by atoms with Crippen molar-refractivity contribution in [1.82, 2.24) is 9.62 Å². The van der Waals surface area contributed by atoms with Crippen LogP contribution in [0.25, 0.3) is 0 Å². The van der Waals surface area contributed by atoms with Crippen LogP contribution < -0.4 is 4.72 Å². The summed E-state index contributed by atoms with van der Waals surface area (Å²) in [7, 11) is -3.24. The Labute approximate surface area is 175 Å². The SMILES string of the molecule is CS(=O)(=O)N[C@@H]1CCN(C2COC2)C[C@@H]1OCC1CCC(c2ccccc2)CC1. The number of hydrogen-bond donors (Lipinski definition) is 1. The molecule has 1 N–H and O–H groups in total. The summed E-state index contributed by atoms with van der Waals surface area (Å²) < 4.78 is 38.1. The normalized spacial score (nSPS) is 32.0. The molecule has 2 heterocycles. The zero-order chi connectivity index (χ0) is 20.3. The first-order valence-electron chi connectivity index (χ1n) is 10.9. The van der Waals surface area contributed by atoms with E-state index >= 15 is 0 Å². The van der Waals surface area contributed by atoms with Crippen LogP contribution in [0, 0.1) is 5.92 Å². The summed E-state index contributed by atoms with van der Waals surface area (Å²) in [5.41, 5.74) is 1.45. The largest absolute Gasteiger partial charge is 0.378 e. The van der Waals surface area contributed by atoms with Gasteiger partial charge in [0.05, 0.1) is 37.7 Å². The van der Waals surface area contributed by atoms with Crippen LogP contribution in [0.5, 0.6) is 0 Å². The summed E-state index contributed by atoms with van der Waals surface area (Å²) in [4.78, 5) is 2.40. The minimum absolute atomic E-state index is 0.0917. The van der Waals surface area contributed by atoms with Gasteiger partial charge in [0.2, 0.25) is 10.0 Å². The topological polar surface area (TPSA) is 67.9 Å². The number of nitrogens with zero attached hydrogens (tertiary/aromatic N) is 1. The first-order valence-corrected chi connectivity index (χ1v) is 12.8. The molecule has 4 rings (SSSR count). The Morgan fingerprint density at radius 1 is 1.10 bits per heavy atom. The van der Waals surface area contributed by atoms with Crippen LogP contribution in [0.1, 0.15) is 43.6 Å². The molecule has 1 aromatic rings. The van der Waals surface area contributed by atoms with Crippen molar-refractivity contribution in [2.45, 2.75) is 56.2 Å². The molecule has 29 heavy (non-hydrogen) atoms. The van der Waals surface area contributed by atoms with Crippen molar-refractivity contribution in [2.75, 3.05) is 39.2 Å². The van der Waals surface area contributed by atoms with E-state index in [1.807, 2.05) is 0 Å². The van der Waals surface area contributed by atoms with E-state index in [9.17, 15) is 8.42 Å².